The molecule has 100 valence electrons. The molecule has 0 unspecified atom stereocenters. The van der Waals surface area contributed by atoms with E-state index in [-0.39, 0.29) is 5.91 Å². The molecule has 0 fully saturated rings. The number of amides is 1. The number of halogens is 1. The molecule has 0 aliphatic carbocycles. The van der Waals surface area contributed by atoms with Crippen molar-refractivity contribution in [2.45, 2.75) is 11.8 Å². The zero-order chi connectivity index (χ0) is 13.7. The van der Waals surface area contributed by atoms with Crippen LogP contribution in [0.2, 0.25) is 0 Å². The summed E-state index contributed by atoms with van der Waals surface area (Å²) >= 11 is 3.32. The van der Waals surface area contributed by atoms with E-state index in [1.54, 1.807) is 10.7 Å². The number of alkyl halides is 1. The van der Waals surface area contributed by atoms with E-state index in [4.69, 9.17) is 0 Å². The van der Waals surface area contributed by atoms with Gasteiger partial charge in [-0.25, -0.2) is 4.98 Å². The van der Waals surface area contributed by atoms with Gasteiger partial charge >= 0.3 is 0 Å². The van der Waals surface area contributed by atoms with E-state index in [1.807, 2.05) is 31.4 Å². The maximum atomic E-state index is 11.9. The summed E-state index contributed by atoms with van der Waals surface area (Å²) in [7, 11) is 1.87. The van der Waals surface area contributed by atoms with Gasteiger partial charge in [-0.15, -0.1) is 0 Å². The number of carbonyl (C=O) groups excluding carboxylic acids is 1. The average molecular weight is 323 g/mol. The maximum Gasteiger partial charge on any atom is 0.269 e. The second-order valence-corrected chi connectivity index (χ2v) is 4.70. The predicted molar refractivity (Wildman–Crippen MR) is 76.1 cm³/mol. The van der Waals surface area contributed by atoms with Crippen molar-refractivity contribution in [3.8, 4) is 0 Å². The first-order valence-electron chi connectivity index (χ1n) is 5.97. The minimum atomic E-state index is -0.154. The van der Waals surface area contributed by atoms with Crippen molar-refractivity contribution in [2.24, 2.45) is 7.05 Å². The smallest absolute Gasteiger partial charge is 0.269 e. The van der Waals surface area contributed by atoms with Gasteiger partial charge in [0.1, 0.15) is 5.69 Å². The predicted octanol–water partition coefficient (Wildman–Crippen LogP) is 1.68. The zero-order valence-electron chi connectivity index (χ0n) is 10.6. The molecule has 0 aliphatic heterocycles. The van der Waals surface area contributed by atoms with Crippen LogP contribution in [0.3, 0.4) is 0 Å². The molecular formula is C13H15BrN4O. The van der Waals surface area contributed by atoms with Crippen LogP contribution in [0.4, 0.5) is 0 Å². The Morgan fingerprint density at radius 3 is 2.89 bits per heavy atom. The Labute approximate surface area is 120 Å². The molecule has 0 aliphatic rings. The quantitative estimate of drug-likeness (QED) is 0.852. The summed E-state index contributed by atoms with van der Waals surface area (Å²) in [6.45, 7) is 0.552. The largest absolute Gasteiger partial charge is 0.350 e. The first kappa shape index (κ1) is 13.7. The Balaban J connectivity index is 1.87. The van der Waals surface area contributed by atoms with E-state index in [0.717, 1.165) is 11.4 Å². The fourth-order valence-electron chi connectivity index (χ4n) is 1.67. The van der Waals surface area contributed by atoms with Crippen LogP contribution in [0.5, 0.6) is 0 Å². The number of hydrogen-bond donors (Lipinski definition) is 1. The number of aryl methyl sites for hydroxylation is 1. The van der Waals surface area contributed by atoms with Gasteiger partial charge in [-0.05, 0) is 18.2 Å². The van der Waals surface area contributed by atoms with Crippen LogP contribution in [0, 0.1) is 0 Å². The summed E-state index contributed by atoms with van der Waals surface area (Å²) in [6.07, 6.45) is 2.60. The molecule has 2 aromatic heterocycles. The van der Waals surface area contributed by atoms with Gasteiger partial charge in [0.15, 0.2) is 0 Å². The molecule has 0 saturated carbocycles. The molecule has 1 N–H and O–H groups in total. The van der Waals surface area contributed by atoms with Gasteiger partial charge in [0, 0.05) is 31.5 Å². The number of nitrogens with zero attached hydrogens (tertiary/aromatic N) is 3. The molecule has 0 aromatic carbocycles. The van der Waals surface area contributed by atoms with Crippen LogP contribution >= 0.6 is 15.9 Å². The zero-order valence-corrected chi connectivity index (χ0v) is 12.2. The molecule has 2 rings (SSSR count). The second-order valence-electron chi connectivity index (χ2n) is 4.13. The first-order valence-corrected chi connectivity index (χ1v) is 7.10. The van der Waals surface area contributed by atoms with E-state index < -0.39 is 0 Å². The van der Waals surface area contributed by atoms with Gasteiger partial charge < -0.3 is 5.32 Å². The highest BCUT2D eigenvalue weighted by molar-refractivity contribution is 9.08. The van der Waals surface area contributed by atoms with Crippen LogP contribution in [0.25, 0.3) is 0 Å². The molecule has 0 bridgehead atoms. The fourth-order valence-corrected chi connectivity index (χ4v) is 1.98. The average Bonchev–Trinajstić information content (AvgIpc) is 2.84. The highest BCUT2D eigenvalue weighted by Gasteiger charge is 2.07. The molecule has 2 aromatic rings. The highest BCUT2D eigenvalue weighted by atomic mass is 79.9. The van der Waals surface area contributed by atoms with Gasteiger partial charge in [-0.3, -0.25) is 9.48 Å². The summed E-state index contributed by atoms with van der Waals surface area (Å²) < 4.78 is 1.75. The number of rotatable bonds is 5. The van der Waals surface area contributed by atoms with E-state index in [1.165, 1.54) is 0 Å². The molecule has 0 saturated heterocycles. The van der Waals surface area contributed by atoms with Crippen molar-refractivity contribution in [1.29, 1.82) is 0 Å². The minimum Gasteiger partial charge on any atom is -0.350 e. The van der Waals surface area contributed by atoms with Gasteiger partial charge in [0.2, 0.25) is 0 Å². The lowest BCUT2D eigenvalue weighted by Crippen LogP contribution is -2.26. The molecule has 2 heterocycles. The number of pyridine rings is 1. The van der Waals surface area contributed by atoms with Crippen molar-refractivity contribution in [3.63, 3.8) is 0 Å². The lowest BCUT2D eigenvalue weighted by molar-refractivity contribution is 0.0949. The Morgan fingerprint density at radius 2 is 2.21 bits per heavy atom. The van der Waals surface area contributed by atoms with Crippen LogP contribution in [-0.2, 0) is 18.8 Å². The number of carbonyl (C=O) groups is 1. The van der Waals surface area contributed by atoms with Crippen LogP contribution in [0.1, 0.15) is 21.9 Å². The van der Waals surface area contributed by atoms with Crippen LogP contribution in [0.15, 0.2) is 30.5 Å². The number of hydrogen-bond acceptors (Lipinski definition) is 3. The van der Waals surface area contributed by atoms with Gasteiger partial charge in [0.25, 0.3) is 5.91 Å². The van der Waals surface area contributed by atoms with Crippen LogP contribution < -0.4 is 5.32 Å². The Bertz CT molecular complexity index is 567. The van der Waals surface area contributed by atoms with Crippen molar-refractivity contribution in [1.82, 2.24) is 20.1 Å². The third-order valence-corrected chi connectivity index (χ3v) is 3.19. The number of aromatic nitrogens is 3. The summed E-state index contributed by atoms with van der Waals surface area (Å²) in [5, 5.41) is 7.73. The summed E-state index contributed by atoms with van der Waals surface area (Å²) in [4.78, 5) is 16.1. The van der Waals surface area contributed by atoms with Gasteiger partial charge in [0.05, 0.1) is 11.4 Å². The maximum absolute atomic E-state index is 11.9. The third-order valence-electron chi connectivity index (χ3n) is 2.61. The molecule has 0 atom stereocenters. The van der Waals surface area contributed by atoms with Gasteiger partial charge in [-0.1, -0.05) is 22.0 Å². The molecule has 5 nitrogen and oxygen atoms in total. The summed E-state index contributed by atoms with van der Waals surface area (Å²) in [5.74, 6) is -0.154. The molecule has 6 heteroatoms. The Hall–Kier alpha value is -1.69. The van der Waals surface area contributed by atoms with Gasteiger partial charge in [-0.2, -0.15) is 5.10 Å². The fraction of sp³-hybridized carbons (Fsp3) is 0.308. The summed E-state index contributed by atoms with van der Waals surface area (Å²) in [6, 6.07) is 7.36. The SMILES string of the molecule is Cn1ccc(CCNC(=O)c2cccc(CBr)n2)n1. The molecule has 19 heavy (non-hydrogen) atoms. The Morgan fingerprint density at radius 1 is 1.37 bits per heavy atom. The van der Waals surface area contributed by atoms with E-state index in [2.05, 4.69) is 31.3 Å². The Kier molecular flexibility index (Phi) is 4.68. The van der Waals surface area contributed by atoms with E-state index in [0.29, 0.717) is 24.0 Å². The standard InChI is InChI=1S/C13H15BrN4O/c1-18-8-6-10(17-18)5-7-15-13(19)12-4-2-3-11(9-14)16-12/h2-4,6,8H,5,7,9H2,1H3,(H,15,19). The third kappa shape index (κ3) is 3.89. The van der Waals surface area contributed by atoms with Crippen molar-refractivity contribution in [3.05, 3.63) is 47.5 Å². The van der Waals surface area contributed by atoms with Crippen molar-refractivity contribution < 1.29 is 4.79 Å². The number of nitrogens with one attached hydrogen (secondary N) is 1. The molecule has 0 radical (unpaired) electrons. The molecule has 0 spiro atoms. The lowest BCUT2D eigenvalue weighted by atomic mass is 10.3. The van der Waals surface area contributed by atoms with Crippen molar-refractivity contribution in [2.75, 3.05) is 6.54 Å². The lowest BCUT2D eigenvalue weighted by Gasteiger charge is -2.04. The topological polar surface area (TPSA) is 59.8 Å². The summed E-state index contributed by atoms with van der Waals surface area (Å²) in [5.41, 5.74) is 2.25. The second kappa shape index (κ2) is 6.47. The van der Waals surface area contributed by atoms with E-state index in [9.17, 15) is 4.79 Å². The highest BCUT2D eigenvalue weighted by Crippen LogP contribution is 2.03. The van der Waals surface area contributed by atoms with E-state index >= 15 is 0 Å². The minimum absolute atomic E-state index is 0.154. The van der Waals surface area contributed by atoms with Crippen LogP contribution in [-0.4, -0.2) is 27.2 Å². The monoisotopic (exact) mass is 322 g/mol. The molecule has 1 amide bonds. The van der Waals surface area contributed by atoms with Crippen molar-refractivity contribution >= 4 is 21.8 Å². The normalized spacial score (nSPS) is 10.4. The molecular weight excluding hydrogens is 308 g/mol. The first-order chi connectivity index (χ1) is 9.19.